The Balaban J connectivity index is 1.88. The minimum absolute atomic E-state index is 0.107. The van der Waals surface area contributed by atoms with Crippen molar-refractivity contribution >= 4 is 17.3 Å². The molecule has 29 heavy (non-hydrogen) atoms. The predicted molar refractivity (Wildman–Crippen MR) is 110 cm³/mol. The molecule has 0 aliphatic carbocycles. The highest BCUT2D eigenvalue weighted by Crippen LogP contribution is 2.28. The maximum atomic E-state index is 13.1. The summed E-state index contributed by atoms with van der Waals surface area (Å²) in [5.41, 5.74) is 1.82. The minimum atomic E-state index is -0.485. The molecule has 1 fully saturated rings. The van der Waals surface area contributed by atoms with Gasteiger partial charge in [0.05, 0.1) is 42.5 Å². The zero-order chi connectivity index (χ0) is 20.8. The summed E-state index contributed by atoms with van der Waals surface area (Å²) in [6, 6.07) is 11.7. The molecular weight excluding hydrogens is 374 g/mol. The Hall–Kier alpha value is -3.13. The number of morpholine rings is 1. The summed E-state index contributed by atoms with van der Waals surface area (Å²) < 4.78 is 10.6. The lowest BCUT2D eigenvalue weighted by molar-refractivity contribution is -0.384. The number of anilines is 1. The monoisotopic (exact) mass is 399 g/mol. The van der Waals surface area contributed by atoms with Gasteiger partial charge in [-0.1, -0.05) is 19.1 Å². The van der Waals surface area contributed by atoms with Crippen LogP contribution in [0.3, 0.4) is 0 Å². The Kier molecular flexibility index (Phi) is 6.66. The van der Waals surface area contributed by atoms with Crippen LogP contribution < -0.4 is 15.0 Å². The van der Waals surface area contributed by atoms with E-state index < -0.39 is 4.92 Å². The van der Waals surface area contributed by atoms with Crippen molar-refractivity contribution in [2.45, 2.75) is 19.4 Å². The van der Waals surface area contributed by atoms with Crippen LogP contribution in [0.1, 0.15) is 35.3 Å². The van der Waals surface area contributed by atoms with Gasteiger partial charge in [0.2, 0.25) is 0 Å². The smallest absolute Gasteiger partial charge is 0.270 e. The molecule has 0 bridgehead atoms. The molecule has 8 nitrogen and oxygen atoms in total. The summed E-state index contributed by atoms with van der Waals surface area (Å²) >= 11 is 0. The first-order valence-electron chi connectivity index (χ1n) is 9.59. The van der Waals surface area contributed by atoms with Crippen LogP contribution in [0.5, 0.6) is 5.75 Å². The summed E-state index contributed by atoms with van der Waals surface area (Å²) in [5.74, 6) is 0.404. The van der Waals surface area contributed by atoms with E-state index in [-0.39, 0.29) is 17.6 Å². The van der Waals surface area contributed by atoms with Crippen molar-refractivity contribution in [1.29, 1.82) is 0 Å². The number of benzene rings is 2. The second-order valence-corrected chi connectivity index (χ2v) is 6.77. The van der Waals surface area contributed by atoms with Crippen LogP contribution in [0, 0.1) is 10.1 Å². The number of nitrogens with zero attached hydrogens (tertiary/aromatic N) is 2. The molecule has 1 saturated heterocycles. The Morgan fingerprint density at radius 3 is 2.52 bits per heavy atom. The van der Waals surface area contributed by atoms with Gasteiger partial charge in [-0.25, -0.2) is 0 Å². The number of rotatable bonds is 7. The van der Waals surface area contributed by atoms with Crippen molar-refractivity contribution in [1.82, 2.24) is 5.32 Å². The molecule has 2 aromatic carbocycles. The number of nitro groups is 1. The zero-order valence-corrected chi connectivity index (χ0v) is 16.6. The highest BCUT2D eigenvalue weighted by Gasteiger charge is 2.23. The molecule has 0 aromatic heterocycles. The fourth-order valence-electron chi connectivity index (χ4n) is 3.39. The van der Waals surface area contributed by atoms with E-state index in [4.69, 9.17) is 9.47 Å². The van der Waals surface area contributed by atoms with Crippen LogP contribution in [0.25, 0.3) is 0 Å². The molecule has 8 heteroatoms. The molecule has 0 spiro atoms. The number of nitrogens with one attached hydrogen (secondary N) is 1. The zero-order valence-electron chi connectivity index (χ0n) is 16.6. The van der Waals surface area contributed by atoms with Gasteiger partial charge in [-0.05, 0) is 30.2 Å². The van der Waals surface area contributed by atoms with Gasteiger partial charge in [0.1, 0.15) is 5.75 Å². The van der Waals surface area contributed by atoms with Crippen molar-refractivity contribution in [2.75, 3.05) is 38.3 Å². The van der Waals surface area contributed by atoms with Gasteiger partial charge < -0.3 is 19.7 Å². The van der Waals surface area contributed by atoms with Crippen molar-refractivity contribution in [2.24, 2.45) is 0 Å². The van der Waals surface area contributed by atoms with E-state index >= 15 is 0 Å². The second-order valence-electron chi connectivity index (χ2n) is 6.77. The van der Waals surface area contributed by atoms with Crippen LogP contribution in [0.15, 0.2) is 42.5 Å². The molecule has 0 saturated carbocycles. The van der Waals surface area contributed by atoms with Crippen molar-refractivity contribution in [3.05, 3.63) is 63.7 Å². The van der Waals surface area contributed by atoms with E-state index in [0.29, 0.717) is 44.0 Å². The molecule has 0 radical (unpaired) electrons. The first kappa shape index (κ1) is 20.6. The molecule has 1 aliphatic rings. The Morgan fingerprint density at radius 2 is 1.93 bits per heavy atom. The summed E-state index contributed by atoms with van der Waals surface area (Å²) in [6.45, 7) is 4.36. The summed E-state index contributed by atoms with van der Waals surface area (Å²) in [6.07, 6.45) is 0.680. The number of carbonyl (C=O) groups is 1. The maximum absolute atomic E-state index is 13.1. The van der Waals surface area contributed by atoms with Crippen LogP contribution in [0.2, 0.25) is 0 Å². The summed E-state index contributed by atoms with van der Waals surface area (Å²) in [5, 5.41) is 14.3. The lowest BCUT2D eigenvalue weighted by Gasteiger charge is -2.30. The van der Waals surface area contributed by atoms with Gasteiger partial charge in [-0.3, -0.25) is 14.9 Å². The second kappa shape index (κ2) is 9.38. The first-order valence-corrected chi connectivity index (χ1v) is 9.59. The fraction of sp³-hybridized carbons (Fsp3) is 0.381. The molecule has 1 unspecified atom stereocenters. The van der Waals surface area contributed by atoms with E-state index in [2.05, 4.69) is 5.32 Å². The highest BCUT2D eigenvalue weighted by atomic mass is 16.6. The highest BCUT2D eigenvalue weighted by molar-refractivity contribution is 6.00. The van der Waals surface area contributed by atoms with Gasteiger partial charge >= 0.3 is 0 Å². The van der Waals surface area contributed by atoms with Crippen molar-refractivity contribution in [3.8, 4) is 5.75 Å². The van der Waals surface area contributed by atoms with Crippen molar-refractivity contribution < 1.29 is 19.2 Å². The Bertz CT molecular complexity index is 863. The van der Waals surface area contributed by atoms with Gasteiger partial charge in [0, 0.05) is 25.2 Å². The molecule has 154 valence electrons. The molecule has 1 N–H and O–H groups in total. The Labute approximate surface area is 169 Å². The number of nitro benzene ring substituents is 1. The molecular formula is C21H25N3O5. The molecule has 3 rings (SSSR count). The van der Waals surface area contributed by atoms with E-state index in [1.165, 1.54) is 12.1 Å². The van der Waals surface area contributed by atoms with Crippen LogP contribution in [0.4, 0.5) is 11.4 Å². The SMILES string of the molecule is CCC(NC(=O)c1cc([N+](=O)[O-])ccc1N1CCOCC1)c1ccc(OC)cc1. The standard InChI is InChI=1S/C21H25N3O5/c1-3-19(15-4-7-17(28-2)8-5-15)22-21(25)18-14-16(24(26)27)6-9-20(18)23-10-12-29-13-11-23/h4-9,14,19H,3,10-13H2,1-2H3,(H,22,25). The van der Waals surface area contributed by atoms with E-state index in [9.17, 15) is 14.9 Å². The normalized spacial score (nSPS) is 14.9. The first-order chi connectivity index (χ1) is 14.0. The van der Waals surface area contributed by atoms with Crippen LogP contribution in [-0.2, 0) is 4.74 Å². The molecule has 1 amide bonds. The number of methoxy groups -OCH3 is 1. The van der Waals surface area contributed by atoms with Gasteiger partial charge in [0.15, 0.2) is 0 Å². The quantitative estimate of drug-likeness (QED) is 0.567. The predicted octanol–water partition coefficient (Wildman–Crippen LogP) is 3.32. The van der Waals surface area contributed by atoms with Crippen molar-refractivity contribution in [3.63, 3.8) is 0 Å². The number of hydrogen-bond acceptors (Lipinski definition) is 6. The van der Waals surface area contributed by atoms with Crippen LogP contribution >= 0.6 is 0 Å². The largest absolute Gasteiger partial charge is 0.497 e. The van der Waals surface area contributed by atoms with E-state index in [0.717, 1.165) is 11.3 Å². The molecule has 1 heterocycles. The number of ether oxygens (including phenoxy) is 2. The molecule has 2 aromatic rings. The van der Waals surface area contributed by atoms with Gasteiger partial charge in [0.25, 0.3) is 11.6 Å². The average molecular weight is 399 g/mol. The van der Waals surface area contributed by atoms with E-state index in [1.807, 2.05) is 36.1 Å². The van der Waals surface area contributed by atoms with Gasteiger partial charge in [-0.2, -0.15) is 0 Å². The average Bonchev–Trinajstić information content (AvgIpc) is 2.77. The number of hydrogen-bond donors (Lipinski definition) is 1. The van der Waals surface area contributed by atoms with Gasteiger partial charge in [-0.15, -0.1) is 0 Å². The third-order valence-electron chi connectivity index (χ3n) is 5.02. The fourth-order valence-corrected chi connectivity index (χ4v) is 3.39. The lowest BCUT2D eigenvalue weighted by Crippen LogP contribution is -2.38. The van der Waals surface area contributed by atoms with Crippen LogP contribution in [-0.4, -0.2) is 44.2 Å². The minimum Gasteiger partial charge on any atom is -0.497 e. The number of non-ortho nitro benzene ring substituents is 1. The molecule has 1 aliphatic heterocycles. The number of carbonyl (C=O) groups excluding carboxylic acids is 1. The lowest BCUT2D eigenvalue weighted by atomic mass is 10.0. The third kappa shape index (κ3) is 4.83. The number of amides is 1. The summed E-state index contributed by atoms with van der Waals surface area (Å²) in [4.78, 5) is 25.9. The topological polar surface area (TPSA) is 93.9 Å². The molecule has 1 atom stereocenters. The third-order valence-corrected chi connectivity index (χ3v) is 5.02. The summed E-state index contributed by atoms with van der Waals surface area (Å²) in [7, 11) is 1.60. The maximum Gasteiger partial charge on any atom is 0.270 e. The van der Waals surface area contributed by atoms with E-state index in [1.54, 1.807) is 13.2 Å². The Morgan fingerprint density at radius 1 is 1.24 bits per heavy atom.